The predicted molar refractivity (Wildman–Crippen MR) is 76.7 cm³/mol. The Morgan fingerprint density at radius 2 is 2.05 bits per heavy atom. The second-order valence-corrected chi connectivity index (χ2v) is 6.41. The normalized spacial score (nSPS) is 13.5. The smallest absolute Gasteiger partial charge is 0.242 e. The summed E-state index contributed by atoms with van der Waals surface area (Å²) in [5.74, 6) is 0.669. The molecule has 1 unspecified atom stereocenters. The molecular weight excluding hydrogens is 264 g/mol. The van der Waals surface area contributed by atoms with Gasteiger partial charge in [-0.05, 0) is 40.1 Å². The Balaban J connectivity index is 2.76. The minimum Gasteiger partial charge on any atom is -0.370 e. The van der Waals surface area contributed by atoms with E-state index in [1.165, 1.54) is 6.20 Å². The Kier molecular flexibility index (Phi) is 5.71. The summed E-state index contributed by atoms with van der Waals surface area (Å²) >= 11 is 0. The van der Waals surface area contributed by atoms with E-state index < -0.39 is 10.0 Å². The first-order chi connectivity index (χ1) is 8.85. The largest absolute Gasteiger partial charge is 0.370 e. The minimum atomic E-state index is -3.50. The molecule has 0 aliphatic rings. The fraction of sp³-hybridized carbons (Fsp3) is 0.583. The molecule has 0 fully saturated rings. The van der Waals surface area contributed by atoms with Gasteiger partial charge >= 0.3 is 0 Å². The number of nitrogens with one attached hydrogen (secondary N) is 2. The highest BCUT2D eigenvalue weighted by molar-refractivity contribution is 7.89. The number of aromatic nitrogens is 1. The van der Waals surface area contributed by atoms with Gasteiger partial charge in [0, 0.05) is 25.3 Å². The first-order valence-electron chi connectivity index (χ1n) is 6.22. The average Bonchev–Trinajstić information content (AvgIpc) is 2.28. The summed E-state index contributed by atoms with van der Waals surface area (Å²) in [6.07, 6.45) is 1.36. The summed E-state index contributed by atoms with van der Waals surface area (Å²) in [6.45, 7) is 5.17. The average molecular weight is 286 g/mol. The number of nitrogens with zero attached hydrogens (tertiary/aromatic N) is 2. The van der Waals surface area contributed by atoms with Crippen LogP contribution in [0.1, 0.15) is 13.8 Å². The monoisotopic (exact) mass is 286 g/mol. The number of likely N-dealkylation sites (N-methyl/N-ethyl adjacent to an activating group) is 1. The molecule has 6 nitrogen and oxygen atoms in total. The third kappa shape index (κ3) is 5.14. The molecule has 1 aromatic heterocycles. The van der Waals surface area contributed by atoms with E-state index in [0.29, 0.717) is 12.4 Å². The van der Waals surface area contributed by atoms with Crippen molar-refractivity contribution in [3.63, 3.8) is 0 Å². The van der Waals surface area contributed by atoms with Gasteiger partial charge in [-0.3, -0.25) is 0 Å². The lowest BCUT2D eigenvalue weighted by atomic mass is 10.3. The van der Waals surface area contributed by atoms with Gasteiger partial charge in [0.2, 0.25) is 10.0 Å². The Hall–Kier alpha value is -1.18. The van der Waals surface area contributed by atoms with Crippen molar-refractivity contribution in [3.05, 3.63) is 18.3 Å². The van der Waals surface area contributed by atoms with Crippen molar-refractivity contribution < 1.29 is 8.42 Å². The van der Waals surface area contributed by atoms with Crippen LogP contribution in [0.4, 0.5) is 5.82 Å². The second-order valence-electron chi connectivity index (χ2n) is 4.69. The molecule has 0 saturated heterocycles. The Morgan fingerprint density at radius 3 is 2.53 bits per heavy atom. The van der Waals surface area contributed by atoms with Crippen molar-refractivity contribution in [1.82, 2.24) is 14.6 Å². The molecule has 0 radical (unpaired) electrons. The first kappa shape index (κ1) is 15.9. The summed E-state index contributed by atoms with van der Waals surface area (Å²) < 4.78 is 26.8. The van der Waals surface area contributed by atoms with E-state index in [0.717, 1.165) is 6.54 Å². The van der Waals surface area contributed by atoms with Crippen LogP contribution in [0.2, 0.25) is 0 Å². The van der Waals surface area contributed by atoms with Gasteiger partial charge in [0.15, 0.2) is 0 Å². The van der Waals surface area contributed by atoms with Crippen molar-refractivity contribution >= 4 is 15.8 Å². The summed E-state index contributed by atoms with van der Waals surface area (Å²) in [7, 11) is 0.297. The lowest BCUT2D eigenvalue weighted by Crippen LogP contribution is -2.39. The highest BCUT2D eigenvalue weighted by Crippen LogP contribution is 2.11. The molecule has 1 heterocycles. The molecular formula is C12H22N4O2S. The fourth-order valence-electron chi connectivity index (χ4n) is 1.74. The highest BCUT2D eigenvalue weighted by atomic mass is 32.2. The van der Waals surface area contributed by atoms with Crippen LogP contribution in [0.15, 0.2) is 23.2 Å². The number of anilines is 1. The summed E-state index contributed by atoms with van der Waals surface area (Å²) in [5, 5.41) is 3.02. The fourth-order valence-corrected chi connectivity index (χ4v) is 2.92. The molecule has 0 aliphatic carbocycles. The molecule has 19 heavy (non-hydrogen) atoms. The van der Waals surface area contributed by atoms with Crippen LogP contribution >= 0.6 is 0 Å². The molecule has 2 N–H and O–H groups in total. The van der Waals surface area contributed by atoms with Crippen molar-refractivity contribution in [2.24, 2.45) is 0 Å². The molecule has 7 heteroatoms. The summed E-state index contributed by atoms with van der Waals surface area (Å²) in [4.78, 5) is 6.17. The third-order valence-electron chi connectivity index (χ3n) is 2.40. The number of pyridine rings is 1. The van der Waals surface area contributed by atoms with Gasteiger partial charge in [-0.1, -0.05) is 0 Å². The maximum absolute atomic E-state index is 12.1. The van der Waals surface area contributed by atoms with E-state index in [-0.39, 0.29) is 10.9 Å². The van der Waals surface area contributed by atoms with Crippen molar-refractivity contribution in [3.8, 4) is 0 Å². The highest BCUT2D eigenvalue weighted by Gasteiger charge is 2.18. The number of hydrogen-bond donors (Lipinski definition) is 2. The van der Waals surface area contributed by atoms with Crippen LogP contribution in [-0.4, -0.2) is 51.5 Å². The Labute approximate surface area is 115 Å². The van der Waals surface area contributed by atoms with Crippen molar-refractivity contribution in [2.45, 2.75) is 24.8 Å². The van der Waals surface area contributed by atoms with Gasteiger partial charge in [0.05, 0.1) is 0 Å². The Morgan fingerprint density at radius 1 is 1.37 bits per heavy atom. The van der Waals surface area contributed by atoms with E-state index >= 15 is 0 Å². The van der Waals surface area contributed by atoms with Gasteiger partial charge in [-0.15, -0.1) is 0 Å². The van der Waals surface area contributed by atoms with E-state index in [9.17, 15) is 8.42 Å². The molecule has 1 atom stereocenters. The molecule has 0 aliphatic heterocycles. The lowest BCUT2D eigenvalue weighted by molar-refractivity contribution is 0.370. The van der Waals surface area contributed by atoms with Gasteiger partial charge in [-0.2, -0.15) is 0 Å². The van der Waals surface area contributed by atoms with Gasteiger partial charge < -0.3 is 10.2 Å². The molecule has 0 bridgehead atoms. The second kappa shape index (κ2) is 6.83. The van der Waals surface area contributed by atoms with Gasteiger partial charge in [0.1, 0.15) is 10.7 Å². The Bertz CT molecular complexity index is 485. The quantitative estimate of drug-likeness (QED) is 0.773. The number of sulfonamides is 1. The van der Waals surface area contributed by atoms with Gasteiger partial charge in [-0.25, -0.2) is 18.1 Å². The van der Waals surface area contributed by atoms with E-state index in [1.54, 1.807) is 12.1 Å². The summed E-state index contributed by atoms with van der Waals surface area (Å²) in [5.41, 5.74) is 0. The van der Waals surface area contributed by atoms with Crippen LogP contribution in [-0.2, 0) is 10.0 Å². The standard InChI is InChI=1S/C12H22N4O2S/c1-5-13-12-7-6-11(8-14-12)19(17,18)15-10(2)9-16(3)4/h6-8,10,15H,5,9H2,1-4H3,(H,13,14). The molecule has 0 amide bonds. The maximum Gasteiger partial charge on any atom is 0.242 e. The zero-order valence-electron chi connectivity index (χ0n) is 11.8. The number of hydrogen-bond acceptors (Lipinski definition) is 5. The molecule has 0 spiro atoms. The van der Waals surface area contributed by atoms with Crippen LogP contribution in [0, 0.1) is 0 Å². The van der Waals surface area contributed by atoms with E-state index in [1.807, 2.05) is 32.8 Å². The van der Waals surface area contributed by atoms with Gasteiger partial charge in [0.25, 0.3) is 0 Å². The molecule has 0 aromatic carbocycles. The van der Waals surface area contributed by atoms with Crippen LogP contribution < -0.4 is 10.0 Å². The van der Waals surface area contributed by atoms with E-state index in [4.69, 9.17) is 0 Å². The van der Waals surface area contributed by atoms with Crippen LogP contribution in [0.5, 0.6) is 0 Å². The molecule has 108 valence electrons. The molecule has 1 aromatic rings. The lowest BCUT2D eigenvalue weighted by Gasteiger charge is -2.18. The predicted octanol–water partition coefficient (Wildman–Crippen LogP) is 0.742. The SMILES string of the molecule is CCNc1ccc(S(=O)(=O)NC(C)CN(C)C)cn1. The maximum atomic E-state index is 12.1. The molecule has 1 rings (SSSR count). The molecule has 0 saturated carbocycles. The third-order valence-corrected chi connectivity index (χ3v) is 3.97. The van der Waals surface area contributed by atoms with E-state index in [2.05, 4.69) is 15.0 Å². The number of rotatable bonds is 7. The first-order valence-corrected chi connectivity index (χ1v) is 7.70. The topological polar surface area (TPSA) is 74.3 Å². The zero-order valence-corrected chi connectivity index (χ0v) is 12.7. The zero-order chi connectivity index (χ0) is 14.5. The van der Waals surface area contributed by atoms with Crippen molar-refractivity contribution in [2.75, 3.05) is 32.5 Å². The van der Waals surface area contributed by atoms with Crippen molar-refractivity contribution in [1.29, 1.82) is 0 Å². The van der Waals surface area contributed by atoms with Crippen LogP contribution in [0.3, 0.4) is 0 Å². The minimum absolute atomic E-state index is 0.159. The van der Waals surface area contributed by atoms with Crippen LogP contribution in [0.25, 0.3) is 0 Å². The summed E-state index contributed by atoms with van der Waals surface area (Å²) in [6, 6.07) is 3.05.